The van der Waals surface area contributed by atoms with Crippen molar-refractivity contribution in [3.05, 3.63) is 212 Å². The van der Waals surface area contributed by atoms with Gasteiger partial charge in [0.1, 0.15) is 11.2 Å². The van der Waals surface area contributed by atoms with E-state index in [9.17, 15) is 0 Å². The zero-order valence-corrected chi connectivity index (χ0v) is 28.7. The van der Waals surface area contributed by atoms with Crippen LogP contribution in [0.2, 0.25) is 0 Å². The van der Waals surface area contributed by atoms with E-state index in [1.54, 1.807) is 0 Å². The Hall–Kier alpha value is -6.90. The second-order valence-corrected chi connectivity index (χ2v) is 13.1. The number of fused-ring (bicyclic) bond motifs is 5. The number of para-hydroxylation sites is 1. The minimum Gasteiger partial charge on any atom is -0.456 e. The highest BCUT2D eigenvalue weighted by Gasteiger charge is 2.19. The van der Waals surface area contributed by atoms with Crippen molar-refractivity contribution in [2.24, 2.45) is 0 Å². The Morgan fingerprint density at radius 2 is 1.13 bits per heavy atom. The van der Waals surface area contributed by atoms with Gasteiger partial charge >= 0.3 is 0 Å². The minimum absolute atomic E-state index is 0.884. The Morgan fingerprint density at radius 1 is 0.500 bits per heavy atom. The van der Waals surface area contributed by atoms with Crippen molar-refractivity contribution in [3.8, 4) is 11.1 Å². The van der Waals surface area contributed by atoms with E-state index < -0.39 is 0 Å². The van der Waals surface area contributed by atoms with Crippen LogP contribution in [0.15, 0.2) is 206 Å². The molecule has 0 saturated carbocycles. The van der Waals surface area contributed by atoms with Gasteiger partial charge in [0, 0.05) is 27.7 Å². The summed E-state index contributed by atoms with van der Waals surface area (Å²) < 4.78 is 6.37. The van der Waals surface area contributed by atoms with Crippen molar-refractivity contribution in [1.82, 2.24) is 0 Å². The second kappa shape index (κ2) is 13.1. The van der Waals surface area contributed by atoms with Gasteiger partial charge in [0.25, 0.3) is 0 Å². The highest BCUT2D eigenvalue weighted by atomic mass is 16.3. The molecule has 0 spiro atoms. The first-order valence-electron chi connectivity index (χ1n) is 17.6. The fourth-order valence-corrected chi connectivity index (χ4v) is 7.27. The van der Waals surface area contributed by atoms with Crippen molar-refractivity contribution in [2.75, 3.05) is 4.90 Å². The van der Waals surface area contributed by atoms with Crippen LogP contribution in [0.1, 0.15) is 11.1 Å². The number of furan rings is 1. The van der Waals surface area contributed by atoms with Crippen LogP contribution in [-0.4, -0.2) is 0 Å². The topological polar surface area (TPSA) is 16.4 Å². The molecule has 1 aromatic heterocycles. The van der Waals surface area contributed by atoms with E-state index in [4.69, 9.17) is 4.42 Å². The average molecular weight is 666 g/mol. The van der Waals surface area contributed by atoms with Crippen molar-refractivity contribution in [2.45, 2.75) is 0 Å². The van der Waals surface area contributed by atoms with Crippen molar-refractivity contribution in [3.63, 3.8) is 0 Å². The van der Waals surface area contributed by atoms with Gasteiger partial charge in [0.2, 0.25) is 0 Å². The number of rotatable bonds is 8. The molecule has 0 N–H and O–H groups in total. The molecule has 2 nitrogen and oxygen atoms in total. The van der Waals surface area contributed by atoms with Gasteiger partial charge in [0.15, 0.2) is 0 Å². The molecule has 0 aliphatic rings. The molecule has 0 unspecified atom stereocenters. The third-order valence-corrected chi connectivity index (χ3v) is 9.94. The molecule has 9 aromatic rings. The first-order chi connectivity index (χ1) is 25.6. The number of hydrogen-bond acceptors (Lipinski definition) is 2. The van der Waals surface area contributed by atoms with E-state index in [2.05, 4.69) is 182 Å². The van der Waals surface area contributed by atoms with E-state index in [0.717, 1.165) is 72.4 Å². The van der Waals surface area contributed by atoms with Gasteiger partial charge in [0.05, 0.1) is 5.69 Å². The highest BCUT2D eigenvalue weighted by Crippen LogP contribution is 2.43. The molecule has 9 rings (SSSR count). The predicted molar refractivity (Wildman–Crippen MR) is 223 cm³/mol. The zero-order valence-electron chi connectivity index (χ0n) is 28.7. The number of benzene rings is 8. The van der Waals surface area contributed by atoms with Crippen LogP contribution >= 0.6 is 0 Å². The smallest absolute Gasteiger partial charge is 0.136 e. The molecule has 1 heterocycles. The molecule has 0 bridgehead atoms. The average Bonchev–Trinajstić information content (AvgIpc) is 3.56. The van der Waals surface area contributed by atoms with E-state index in [1.807, 2.05) is 24.3 Å². The maximum Gasteiger partial charge on any atom is 0.136 e. The van der Waals surface area contributed by atoms with Gasteiger partial charge in [-0.05, 0) is 110 Å². The summed E-state index contributed by atoms with van der Waals surface area (Å²) >= 11 is 0. The lowest BCUT2D eigenvalue weighted by Crippen LogP contribution is -2.11. The molecule has 0 aliphatic heterocycles. The van der Waals surface area contributed by atoms with Crippen molar-refractivity contribution >= 4 is 71.7 Å². The fraction of sp³-hybridized carbons (Fsp3) is 0. The highest BCUT2D eigenvalue weighted by molar-refractivity contribution is 6.11. The van der Waals surface area contributed by atoms with E-state index >= 15 is 0 Å². The summed E-state index contributed by atoms with van der Waals surface area (Å²) in [6, 6.07) is 62.2. The maximum atomic E-state index is 6.37. The molecule has 246 valence electrons. The van der Waals surface area contributed by atoms with Gasteiger partial charge in [-0.15, -0.1) is 0 Å². The van der Waals surface area contributed by atoms with Crippen LogP contribution < -0.4 is 4.90 Å². The summed E-state index contributed by atoms with van der Waals surface area (Å²) in [6.07, 6.45) is 4.00. The Kier molecular flexibility index (Phi) is 7.83. The maximum absolute atomic E-state index is 6.37. The van der Waals surface area contributed by atoms with Crippen molar-refractivity contribution in [1.29, 1.82) is 0 Å². The Labute approximate surface area is 303 Å². The van der Waals surface area contributed by atoms with Crippen LogP contribution in [0.25, 0.3) is 65.8 Å². The lowest BCUT2D eigenvalue weighted by Gasteiger charge is -2.28. The Morgan fingerprint density at radius 3 is 1.90 bits per heavy atom. The van der Waals surface area contributed by atoms with E-state index in [-0.39, 0.29) is 0 Å². The summed E-state index contributed by atoms with van der Waals surface area (Å²) in [5, 5.41) is 7.00. The lowest BCUT2D eigenvalue weighted by atomic mass is 9.98. The number of anilines is 3. The molecule has 0 aliphatic carbocycles. The summed E-state index contributed by atoms with van der Waals surface area (Å²) in [4.78, 5) is 2.36. The van der Waals surface area contributed by atoms with Crippen LogP contribution in [0, 0.1) is 0 Å². The molecule has 0 atom stereocenters. The molecule has 8 aromatic carbocycles. The van der Waals surface area contributed by atoms with Gasteiger partial charge in [-0.25, -0.2) is 0 Å². The molecule has 2 heteroatoms. The third kappa shape index (κ3) is 5.67. The molecule has 0 amide bonds. The molecule has 52 heavy (non-hydrogen) atoms. The van der Waals surface area contributed by atoms with Gasteiger partial charge in [-0.1, -0.05) is 141 Å². The number of hydrogen-bond donors (Lipinski definition) is 0. The van der Waals surface area contributed by atoms with Crippen LogP contribution in [0.3, 0.4) is 0 Å². The van der Waals surface area contributed by atoms with Gasteiger partial charge < -0.3 is 9.32 Å². The fourth-order valence-electron chi connectivity index (χ4n) is 7.27. The van der Waals surface area contributed by atoms with Gasteiger partial charge in [-0.2, -0.15) is 0 Å². The Bertz CT molecular complexity index is 2820. The number of allylic oxidation sites excluding steroid dienone is 4. The quantitative estimate of drug-likeness (QED) is 0.150. The normalized spacial score (nSPS) is 11.7. The summed E-state index contributed by atoms with van der Waals surface area (Å²) in [5.41, 5.74) is 11.4. The molecular formula is C50H35NO. The van der Waals surface area contributed by atoms with Crippen molar-refractivity contribution < 1.29 is 4.42 Å². The first kappa shape index (κ1) is 31.1. The summed E-state index contributed by atoms with van der Waals surface area (Å²) in [5.74, 6) is 0. The SMILES string of the molecule is C=C/C(=C\C(=C)c1ccccc1)c1ccc(N(c2ccc3ccccc3c2)c2ccccc2-c2ccc3oc4cc5ccccc5cc4c3c2)cc1. The standard InChI is InChI=1S/C50H35NO/c1-3-35(29-34(2)36-13-5-4-6-14-36)38-21-25-43(26-22-38)51(44-27-23-37-15-7-8-16-39(37)30-44)48-20-12-11-19-45(48)42-24-28-49-46(32-42)47-31-40-17-9-10-18-41(40)33-50(47)52-49/h3-33H,1-2H2/b35-29+. The minimum atomic E-state index is 0.884. The summed E-state index contributed by atoms with van der Waals surface area (Å²) in [7, 11) is 0. The second-order valence-electron chi connectivity index (χ2n) is 13.1. The third-order valence-electron chi connectivity index (χ3n) is 9.94. The largest absolute Gasteiger partial charge is 0.456 e. The van der Waals surface area contributed by atoms with E-state index in [0.29, 0.717) is 0 Å². The lowest BCUT2D eigenvalue weighted by molar-refractivity contribution is 0.669. The molecular weight excluding hydrogens is 631 g/mol. The number of nitrogens with zero attached hydrogens (tertiary/aromatic N) is 1. The zero-order chi connectivity index (χ0) is 35.0. The Balaban J connectivity index is 1.17. The van der Waals surface area contributed by atoms with Gasteiger partial charge in [-0.3, -0.25) is 0 Å². The molecule has 0 fully saturated rings. The van der Waals surface area contributed by atoms with E-state index in [1.165, 1.54) is 21.5 Å². The predicted octanol–water partition coefficient (Wildman–Crippen LogP) is 14.3. The van der Waals surface area contributed by atoms with Crippen LogP contribution in [0.5, 0.6) is 0 Å². The molecule has 0 saturated heterocycles. The van der Waals surface area contributed by atoms with Crippen LogP contribution in [0.4, 0.5) is 17.1 Å². The first-order valence-corrected chi connectivity index (χ1v) is 17.6. The molecule has 0 radical (unpaired) electrons. The monoisotopic (exact) mass is 665 g/mol. The van der Waals surface area contributed by atoms with Crippen LogP contribution in [-0.2, 0) is 0 Å². The summed E-state index contributed by atoms with van der Waals surface area (Å²) in [6.45, 7) is 8.47.